The molecule has 2 atom stereocenters. The summed E-state index contributed by atoms with van der Waals surface area (Å²) in [6.07, 6.45) is -2.67. The van der Waals surface area contributed by atoms with Gasteiger partial charge in [0.1, 0.15) is 0 Å². The molecule has 206 valence electrons. The second kappa shape index (κ2) is 11.4. The molecule has 9 heteroatoms. The van der Waals surface area contributed by atoms with Crippen LogP contribution in [0, 0.1) is 5.92 Å². The Bertz CT molecular complexity index is 1120. The van der Waals surface area contributed by atoms with Crippen LogP contribution in [-0.2, 0) is 6.18 Å². The van der Waals surface area contributed by atoms with Gasteiger partial charge in [-0.2, -0.15) is 13.2 Å². The zero-order chi connectivity index (χ0) is 27.6. The summed E-state index contributed by atoms with van der Waals surface area (Å²) in [5.74, 6) is 0.443. The minimum atomic E-state index is -4.37. The van der Waals surface area contributed by atoms with E-state index in [1.165, 1.54) is 12.1 Å². The highest BCUT2D eigenvalue weighted by Gasteiger charge is 2.36. The maximum absolute atomic E-state index is 13.2. The molecule has 2 aliphatic heterocycles. The molecule has 4 rings (SSSR count). The first-order chi connectivity index (χ1) is 17.9. The Morgan fingerprint density at radius 3 is 1.89 bits per heavy atom. The van der Waals surface area contributed by atoms with E-state index in [9.17, 15) is 22.8 Å². The topological polar surface area (TPSA) is 47.1 Å². The highest BCUT2D eigenvalue weighted by Crippen LogP contribution is 2.31. The Morgan fingerprint density at radius 2 is 1.37 bits per heavy atom. The van der Waals surface area contributed by atoms with Crippen molar-refractivity contribution in [3.8, 4) is 11.1 Å². The summed E-state index contributed by atoms with van der Waals surface area (Å²) in [6.45, 7) is 8.03. The first kappa shape index (κ1) is 28.0. The van der Waals surface area contributed by atoms with Crippen LogP contribution in [0.3, 0.4) is 0 Å². The van der Waals surface area contributed by atoms with Gasteiger partial charge in [-0.1, -0.05) is 38.1 Å². The Kier molecular flexibility index (Phi) is 8.35. The quantitative estimate of drug-likeness (QED) is 0.509. The lowest BCUT2D eigenvalue weighted by Gasteiger charge is -2.29. The summed E-state index contributed by atoms with van der Waals surface area (Å²) in [5, 5.41) is 0. The minimum Gasteiger partial charge on any atom is -0.337 e. The van der Waals surface area contributed by atoms with Crippen molar-refractivity contribution in [2.45, 2.75) is 44.9 Å². The molecule has 0 bridgehead atoms. The Labute approximate surface area is 223 Å². The van der Waals surface area contributed by atoms with Gasteiger partial charge in [0, 0.05) is 51.4 Å². The number of carbonyl (C=O) groups is 2. The normalized spacial score (nSPS) is 20.0. The van der Waals surface area contributed by atoms with E-state index in [2.05, 4.69) is 25.8 Å². The average Bonchev–Trinajstić information content (AvgIpc) is 3.57. The molecule has 0 spiro atoms. The van der Waals surface area contributed by atoms with Crippen LogP contribution in [0.5, 0.6) is 0 Å². The van der Waals surface area contributed by atoms with Crippen molar-refractivity contribution >= 4 is 11.9 Å². The second-order valence-electron chi connectivity index (χ2n) is 11.0. The number of alkyl halides is 3. The Hall–Kier alpha value is -3.07. The number of likely N-dealkylation sites (tertiary alicyclic amines) is 2. The molecule has 0 saturated carbocycles. The fourth-order valence-electron chi connectivity index (χ4n) is 5.46. The lowest BCUT2D eigenvalue weighted by molar-refractivity contribution is -0.137. The van der Waals surface area contributed by atoms with Crippen LogP contribution in [0.1, 0.15) is 42.6 Å². The van der Waals surface area contributed by atoms with Crippen molar-refractivity contribution in [1.82, 2.24) is 19.6 Å². The monoisotopic (exact) mass is 530 g/mol. The Morgan fingerprint density at radius 1 is 0.868 bits per heavy atom. The van der Waals surface area contributed by atoms with Crippen molar-refractivity contribution < 1.29 is 22.8 Å². The van der Waals surface area contributed by atoms with Gasteiger partial charge < -0.3 is 19.6 Å². The van der Waals surface area contributed by atoms with Gasteiger partial charge in [-0.15, -0.1) is 0 Å². The zero-order valence-electron chi connectivity index (χ0n) is 22.5. The van der Waals surface area contributed by atoms with E-state index in [1.54, 1.807) is 36.2 Å². The molecule has 0 unspecified atom stereocenters. The van der Waals surface area contributed by atoms with Crippen molar-refractivity contribution in [3.63, 3.8) is 0 Å². The van der Waals surface area contributed by atoms with Gasteiger partial charge in [0.05, 0.1) is 11.6 Å². The molecule has 2 saturated heterocycles. The van der Waals surface area contributed by atoms with Crippen molar-refractivity contribution in [2.75, 3.05) is 46.8 Å². The zero-order valence-corrected chi connectivity index (χ0v) is 22.5. The number of amides is 3. The molecule has 2 heterocycles. The predicted octanol–water partition coefficient (Wildman–Crippen LogP) is 5.30. The molecule has 6 nitrogen and oxygen atoms in total. The van der Waals surface area contributed by atoms with E-state index in [0.29, 0.717) is 36.2 Å². The van der Waals surface area contributed by atoms with Crippen LogP contribution < -0.4 is 0 Å². The van der Waals surface area contributed by atoms with Crippen LogP contribution >= 0.6 is 0 Å². The molecular formula is C29H37F3N4O2. The summed E-state index contributed by atoms with van der Waals surface area (Å²) in [7, 11) is 3.89. The molecule has 3 amide bonds. The molecule has 2 aromatic rings. The fourth-order valence-corrected chi connectivity index (χ4v) is 5.46. The number of urea groups is 1. The summed E-state index contributed by atoms with van der Waals surface area (Å²) >= 11 is 0. The largest absolute Gasteiger partial charge is 0.416 e. The number of hydrogen-bond donors (Lipinski definition) is 0. The third-order valence-corrected chi connectivity index (χ3v) is 7.69. The van der Waals surface area contributed by atoms with Gasteiger partial charge in [0.15, 0.2) is 0 Å². The predicted molar refractivity (Wildman–Crippen MR) is 142 cm³/mol. The van der Waals surface area contributed by atoms with Crippen LogP contribution in [0.15, 0.2) is 48.5 Å². The first-order valence-corrected chi connectivity index (χ1v) is 13.2. The third-order valence-electron chi connectivity index (χ3n) is 7.69. The van der Waals surface area contributed by atoms with Gasteiger partial charge in [0.25, 0.3) is 5.91 Å². The van der Waals surface area contributed by atoms with Gasteiger partial charge in [-0.3, -0.25) is 4.79 Å². The second-order valence-corrected chi connectivity index (χ2v) is 11.0. The average molecular weight is 531 g/mol. The van der Waals surface area contributed by atoms with Crippen molar-refractivity contribution in [1.29, 1.82) is 0 Å². The van der Waals surface area contributed by atoms with E-state index in [1.807, 2.05) is 9.80 Å². The number of benzene rings is 2. The fraction of sp³-hybridized carbons (Fsp3) is 0.517. The molecule has 2 aliphatic rings. The SMILES string of the molecule is CC(C)CN(C)[C@@H]1CCN(C(=O)N2CC[C@H](N(C)C(=O)c3ccc(-c4ccc(C(F)(F)F)cc4)cc3)C2)C1. The number of rotatable bonds is 6. The lowest BCUT2D eigenvalue weighted by atomic mass is 10.0. The minimum absolute atomic E-state index is 0.0506. The third kappa shape index (κ3) is 6.31. The molecule has 0 radical (unpaired) electrons. The summed E-state index contributed by atoms with van der Waals surface area (Å²) < 4.78 is 38.5. The Balaban J connectivity index is 1.32. The smallest absolute Gasteiger partial charge is 0.337 e. The van der Waals surface area contributed by atoms with Gasteiger partial charge in [-0.25, -0.2) is 4.79 Å². The molecule has 38 heavy (non-hydrogen) atoms. The van der Waals surface area contributed by atoms with E-state index in [4.69, 9.17) is 0 Å². The van der Waals surface area contributed by atoms with Gasteiger partial charge >= 0.3 is 12.2 Å². The van der Waals surface area contributed by atoms with Gasteiger partial charge in [-0.05, 0) is 61.2 Å². The van der Waals surface area contributed by atoms with E-state index < -0.39 is 11.7 Å². The first-order valence-electron chi connectivity index (χ1n) is 13.2. The molecule has 0 N–H and O–H groups in total. The summed E-state index contributed by atoms with van der Waals surface area (Å²) in [5.41, 5.74) is 1.19. The molecule has 2 aromatic carbocycles. The van der Waals surface area contributed by atoms with Crippen molar-refractivity contribution in [3.05, 3.63) is 59.7 Å². The molecule has 0 aromatic heterocycles. The highest BCUT2D eigenvalue weighted by molar-refractivity contribution is 5.95. The van der Waals surface area contributed by atoms with Crippen molar-refractivity contribution in [2.24, 2.45) is 5.92 Å². The lowest BCUT2D eigenvalue weighted by Crippen LogP contribution is -2.45. The number of hydrogen-bond acceptors (Lipinski definition) is 3. The number of carbonyl (C=O) groups excluding carboxylic acids is 2. The van der Waals surface area contributed by atoms with E-state index in [0.717, 1.165) is 50.2 Å². The standard InChI is InChI=1S/C29H37F3N4O2/c1-20(2)17-33(3)25-13-15-35(18-25)28(38)36-16-14-26(19-36)34(4)27(37)23-7-5-21(6-8-23)22-9-11-24(12-10-22)29(30,31)32/h5-12,20,25-26H,13-19H2,1-4H3/t25-,26+/m1/s1. The van der Waals surface area contributed by atoms with Gasteiger partial charge in [0.2, 0.25) is 0 Å². The summed E-state index contributed by atoms with van der Waals surface area (Å²) in [6, 6.07) is 12.2. The maximum atomic E-state index is 13.2. The number of nitrogens with zero attached hydrogens (tertiary/aromatic N) is 4. The maximum Gasteiger partial charge on any atom is 0.416 e. The number of likely N-dealkylation sites (N-methyl/N-ethyl adjacent to an activating group) is 2. The molecular weight excluding hydrogens is 493 g/mol. The van der Waals surface area contributed by atoms with Crippen LogP contribution in [0.4, 0.5) is 18.0 Å². The van der Waals surface area contributed by atoms with E-state index >= 15 is 0 Å². The molecule has 2 fully saturated rings. The summed E-state index contributed by atoms with van der Waals surface area (Å²) in [4.78, 5) is 34.2. The van der Waals surface area contributed by atoms with E-state index in [-0.39, 0.29) is 18.0 Å². The van der Waals surface area contributed by atoms with Crippen LogP contribution in [-0.4, -0.2) is 90.4 Å². The molecule has 0 aliphatic carbocycles. The van der Waals surface area contributed by atoms with Crippen LogP contribution in [0.25, 0.3) is 11.1 Å². The number of halogens is 3. The highest BCUT2D eigenvalue weighted by atomic mass is 19.4. The van der Waals surface area contributed by atoms with Crippen LogP contribution in [0.2, 0.25) is 0 Å².